The number of benzene rings is 1. The highest BCUT2D eigenvalue weighted by molar-refractivity contribution is 5.79. The van der Waals surface area contributed by atoms with E-state index in [4.69, 9.17) is 0 Å². The Labute approximate surface area is 69.9 Å². The quantitative estimate of drug-likeness (QED) is 0.578. The van der Waals surface area contributed by atoms with Crippen LogP contribution in [0.5, 0.6) is 0 Å². The van der Waals surface area contributed by atoms with Gasteiger partial charge in [-0.15, -0.1) is 0 Å². The van der Waals surface area contributed by atoms with E-state index >= 15 is 0 Å². The molecule has 12 heavy (non-hydrogen) atoms. The second-order valence-corrected chi connectivity index (χ2v) is 2.82. The summed E-state index contributed by atoms with van der Waals surface area (Å²) in [6, 6.07) is 7.08. The van der Waals surface area contributed by atoms with Crippen molar-refractivity contribution in [1.82, 2.24) is 4.98 Å². The zero-order valence-electron chi connectivity index (χ0n) is 6.71. The van der Waals surface area contributed by atoms with Crippen LogP contribution in [0.1, 0.15) is 5.56 Å². The van der Waals surface area contributed by atoms with E-state index in [0.717, 1.165) is 10.9 Å². The van der Waals surface area contributed by atoms with E-state index in [1.165, 1.54) is 6.07 Å². The molecule has 0 aliphatic heterocycles. The van der Waals surface area contributed by atoms with Crippen molar-refractivity contribution in [3.05, 3.63) is 41.8 Å². The lowest BCUT2D eigenvalue weighted by atomic mass is 10.1. The number of pyridine rings is 1. The van der Waals surface area contributed by atoms with Gasteiger partial charge in [0.2, 0.25) is 0 Å². The van der Waals surface area contributed by atoms with Crippen LogP contribution >= 0.6 is 0 Å². The fourth-order valence-electron chi connectivity index (χ4n) is 1.29. The summed E-state index contributed by atoms with van der Waals surface area (Å²) >= 11 is 0. The highest BCUT2D eigenvalue weighted by atomic mass is 19.1. The normalized spacial score (nSPS) is 10.5. The number of rotatable bonds is 0. The average molecular weight is 161 g/mol. The summed E-state index contributed by atoms with van der Waals surface area (Å²) in [6.07, 6.45) is 1.60. The van der Waals surface area contributed by atoms with Gasteiger partial charge in [0.05, 0.1) is 0 Å². The predicted octanol–water partition coefficient (Wildman–Crippen LogP) is 2.68. The molecule has 1 heterocycles. The molecule has 1 aromatic heterocycles. The molecule has 0 aliphatic rings. The Hall–Kier alpha value is -1.44. The third-order valence-electron chi connectivity index (χ3n) is 1.80. The van der Waals surface area contributed by atoms with Crippen molar-refractivity contribution < 1.29 is 4.39 Å². The summed E-state index contributed by atoms with van der Waals surface area (Å²) in [5, 5.41) is 0.856. The number of halogens is 1. The third-order valence-corrected chi connectivity index (χ3v) is 1.80. The molecule has 0 bridgehead atoms. The van der Waals surface area contributed by atoms with E-state index in [-0.39, 0.29) is 5.82 Å². The van der Waals surface area contributed by atoms with Crippen molar-refractivity contribution in [1.29, 1.82) is 0 Å². The Morgan fingerprint density at radius 3 is 3.00 bits per heavy atom. The molecule has 2 aromatic rings. The number of aryl methyl sites for hydroxylation is 1. The molecule has 0 radical (unpaired) electrons. The largest absolute Gasteiger partial charge is 0.253 e. The summed E-state index contributed by atoms with van der Waals surface area (Å²) in [7, 11) is 0. The van der Waals surface area contributed by atoms with Gasteiger partial charge in [-0.1, -0.05) is 6.07 Å². The SMILES string of the molecule is Cc1cc(F)c2ncccc2c1. The fraction of sp³-hybridized carbons (Fsp3) is 0.100. The number of aromatic nitrogens is 1. The maximum absolute atomic E-state index is 13.2. The molecule has 0 aliphatic carbocycles. The zero-order chi connectivity index (χ0) is 8.55. The van der Waals surface area contributed by atoms with Crippen LogP contribution < -0.4 is 0 Å². The molecule has 0 spiro atoms. The van der Waals surface area contributed by atoms with Crippen molar-refractivity contribution in [2.45, 2.75) is 6.92 Å². The lowest BCUT2D eigenvalue weighted by molar-refractivity contribution is 0.635. The molecule has 0 amide bonds. The molecule has 2 rings (SSSR count). The summed E-state index contributed by atoms with van der Waals surface area (Å²) in [6.45, 7) is 1.87. The minimum atomic E-state index is -0.245. The number of hydrogen-bond acceptors (Lipinski definition) is 1. The van der Waals surface area contributed by atoms with Crippen LogP contribution in [-0.4, -0.2) is 4.98 Å². The summed E-state index contributed by atoms with van der Waals surface area (Å²) in [4.78, 5) is 3.95. The van der Waals surface area contributed by atoms with E-state index in [9.17, 15) is 4.39 Å². The highest BCUT2D eigenvalue weighted by Crippen LogP contribution is 2.16. The molecule has 1 nitrogen and oxygen atoms in total. The van der Waals surface area contributed by atoms with Crippen molar-refractivity contribution in [3.63, 3.8) is 0 Å². The lowest BCUT2D eigenvalue weighted by Crippen LogP contribution is -1.84. The van der Waals surface area contributed by atoms with Gasteiger partial charge < -0.3 is 0 Å². The highest BCUT2D eigenvalue weighted by Gasteiger charge is 2.00. The van der Waals surface area contributed by atoms with Gasteiger partial charge in [0.15, 0.2) is 0 Å². The molecular weight excluding hydrogens is 153 g/mol. The number of fused-ring (bicyclic) bond motifs is 1. The first kappa shape index (κ1) is 7.22. The first-order valence-corrected chi connectivity index (χ1v) is 3.78. The standard InChI is InChI=1S/C10H8FN/c1-7-5-8-3-2-4-12-10(8)9(11)6-7/h2-6H,1H3. The van der Waals surface area contributed by atoms with E-state index in [0.29, 0.717) is 5.52 Å². The van der Waals surface area contributed by atoms with Gasteiger partial charge in [0.1, 0.15) is 11.3 Å². The Kier molecular flexibility index (Phi) is 1.54. The predicted molar refractivity (Wildman–Crippen MR) is 46.4 cm³/mol. The van der Waals surface area contributed by atoms with E-state index in [1.807, 2.05) is 19.1 Å². The van der Waals surface area contributed by atoms with Crippen LogP contribution in [0.2, 0.25) is 0 Å². The molecule has 0 atom stereocenters. The molecule has 0 saturated heterocycles. The molecule has 0 N–H and O–H groups in total. The van der Waals surface area contributed by atoms with Crippen molar-refractivity contribution in [3.8, 4) is 0 Å². The van der Waals surface area contributed by atoms with Gasteiger partial charge in [0.25, 0.3) is 0 Å². The summed E-state index contributed by atoms with van der Waals surface area (Å²) < 4.78 is 13.2. The fourth-order valence-corrected chi connectivity index (χ4v) is 1.29. The van der Waals surface area contributed by atoms with Crippen LogP contribution in [0, 0.1) is 12.7 Å². The number of nitrogens with zero attached hydrogens (tertiary/aromatic N) is 1. The van der Waals surface area contributed by atoms with E-state index in [2.05, 4.69) is 4.98 Å². The second kappa shape index (κ2) is 2.55. The van der Waals surface area contributed by atoms with Gasteiger partial charge in [-0.3, -0.25) is 4.98 Å². The van der Waals surface area contributed by atoms with Gasteiger partial charge in [-0.2, -0.15) is 0 Å². The molecule has 0 unspecified atom stereocenters. The zero-order valence-corrected chi connectivity index (χ0v) is 6.71. The maximum atomic E-state index is 13.2. The van der Waals surface area contributed by atoms with Gasteiger partial charge >= 0.3 is 0 Å². The van der Waals surface area contributed by atoms with Crippen LogP contribution in [0.25, 0.3) is 10.9 Å². The van der Waals surface area contributed by atoms with Crippen LogP contribution in [0.4, 0.5) is 4.39 Å². The Balaban J connectivity index is 2.89. The molecule has 0 saturated carbocycles. The first-order chi connectivity index (χ1) is 5.77. The topological polar surface area (TPSA) is 12.9 Å². The van der Waals surface area contributed by atoms with Gasteiger partial charge in [0, 0.05) is 11.6 Å². The summed E-state index contributed by atoms with van der Waals surface area (Å²) in [5.74, 6) is -0.245. The Bertz CT molecular complexity index is 423. The molecule has 60 valence electrons. The smallest absolute Gasteiger partial charge is 0.149 e. The maximum Gasteiger partial charge on any atom is 0.149 e. The van der Waals surface area contributed by atoms with Crippen molar-refractivity contribution in [2.75, 3.05) is 0 Å². The minimum absolute atomic E-state index is 0.245. The van der Waals surface area contributed by atoms with Gasteiger partial charge in [-0.05, 0) is 30.7 Å². The minimum Gasteiger partial charge on any atom is -0.253 e. The monoisotopic (exact) mass is 161 g/mol. The lowest BCUT2D eigenvalue weighted by Gasteiger charge is -1.98. The van der Waals surface area contributed by atoms with E-state index in [1.54, 1.807) is 12.3 Å². The molecular formula is C10H8FN. The second-order valence-electron chi connectivity index (χ2n) is 2.82. The van der Waals surface area contributed by atoms with Crippen molar-refractivity contribution >= 4 is 10.9 Å². The Morgan fingerprint density at radius 1 is 1.33 bits per heavy atom. The molecule has 2 heteroatoms. The first-order valence-electron chi connectivity index (χ1n) is 3.78. The van der Waals surface area contributed by atoms with Gasteiger partial charge in [-0.25, -0.2) is 4.39 Å². The Morgan fingerprint density at radius 2 is 2.17 bits per heavy atom. The van der Waals surface area contributed by atoms with E-state index < -0.39 is 0 Å². The van der Waals surface area contributed by atoms with Crippen LogP contribution in [0.15, 0.2) is 30.5 Å². The molecule has 1 aromatic carbocycles. The summed E-state index contributed by atoms with van der Waals surface area (Å²) in [5.41, 5.74) is 1.37. The van der Waals surface area contributed by atoms with Crippen molar-refractivity contribution in [2.24, 2.45) is 0 Å². The average Bonchev–Trinajstić information content (AvgIpc) is 2.04. The van der Waals surface area contributed by atoms with Crippen LogP contribution in [-0.2, 0) is 0 Å². The molecule has 0 fully saturated rings. The van der Waals surface area contributed by atoms with Crippen LogP contribution in [0.3, 0.4) is 0 Å². The number of hydrogen-bond donors (Lipinski definition) is 0. The third kappa shape index (κ3) is 1.05.